The molecule has 4 aromatic rings. The first kappa shape index (κ1) is 36.3. The lowest BCUT2D eigenvalue weighted by molar-refractivity contribution is 0.116. The largest absolute Gasteiger partial charge is 0.497 e. The zero-order valence-electron chi connectivity index (χ0n) is 28.4. The SMILES string of the molecule is COc1ccc(CS(=O)(=O)n2cc(C=CCCCCCCCCCCCCCCOCc3ccccc3)c3cc(OC)ccc32)cc1. The number of hydrogen-bond donors (Lipinski definition) is 0. The maximum atomic E-state index is 13.5. The van der Waals surface area contributed by atoms with E-state index in [4.69, 9.17) is 14.2 Å². The molecular formula is C40H53NO5S. The summed E-state index contributed by atoms with van der Waals surface area (Å²) < 4.78 is 44.8. The summed E-state index contributed by atoms with van der Waals surface area (Å²) in [6.45, 7) is 1.59. The van der Waals surface area contributed by atoms with Gasteiger partial charge in [-0.05, 0) is 60.7 Å². The molecule has 0 amide bonds. The number of aromatic nitrogens is 1. The maximum Gasteiger partial charge on any atom is 0.243 e. The summed E-state index contributed by atoms with van der Waals surface area (Å²) in [6, 6.07) is 23.1. The van der Waals surface area contributed by atoms with Crippen molar-refractivity contribution in [3.8, 4) is 11.5 Å². The van der Waals surface area contributed by atoms with Gasteiger partial charge in [0.15, 0.2) is 0 Å². The third-order valence-electron chi connectivity index (χ3n) is 8.63. The van der Waals surface area contributed by atoms with Crippen LogP contribution in [0.15, 0.2) is 85.1 Å². The monoisotopic (exact) mass is 659 g/mol. The fourth-order valence-electron chi connectivity index (χ4n) is 5.90. The Hall–Kier alpha value is -3.55. The molecule has 0 saturated heterocycles. The summed E-state index contributed by atoms with van der Waals surface area (Å²) in [7, 11) is -0.409. The number of allylic oxidation sites excluding steroid dienone is 1. The molecular weight excluding hydrogens is 607 g/mol. The van der Waals surface area contributed by atoms with Gasteiger partial charge in [0.2, 0.25) is 10.0 Å². The number of hydrogen-bond acceptors (Lipinski definition) is 5. The zero-order valence-corrected chi connectivity index (χ0v) is 29.2. The molecule has 0 N–H and O–H groups in total. The second-order valence-corrected chi connectivity index (χ2v) is 14.2. The maximum absolute atomic E-state index is 13.5. The van der Waals surface area contributed by atoms with Crippen molar-refractivity contribution in [1.82, 2.24) is 3.97 Å². The first-order valence-electron chi connectivity index (χ1n) is 17.3. The van der Waals surface area contributed by atoms with Gasteiger partial charge < -0.3 is 14.2 Å². The van der Waals surface area contributed by atoms with Crippen molar-refractivity contribution in [2.45, 2.75) is 95.8 Å². The lowest BCUT2D eigenvalue weighted by atomic mass is 10.0. The van der Waals surface area contributed by atoms with Crippen LogP contribution >= 0.6 is 0 Å². The van der Waals surface area contributed by atoms with Crippen LogP contribution in [0.1, 0.15) is 100 Å². The van der Waals surface area contributed by atoms with Gasteiger partial charge in [-0.1, -0.05) is 119 Å². The molecule has 0 bridgehead atoms. The molecule has 0 aliphatic carbocycles. The van der Waals surface area contributed by atoms with Crippen molar-refractivity contribution < 1.29 is 22.6 Å². The van der Waals surface area contributed by atoms with Crippen molar-refractivity contribution in [3.63, 3.8) is 0 Å². The Balaban J connectivity index is 1.10. The third kappa shape index (κ3) is 12.2. The van der Waals surface area contributed by atoms with E-state index in [9.17, 15) is 8.42 Å². The smallest absolute Gasteiger partial charge is 0.243 e. The molecule has 0 unspecified atom stereocenters. The van der Waals surface area contributed by atoms with Gasteiger partial charge in [0.25, 0.3) is 0 Å². The van der Waals surface area contributed by atoms with E-state index >= 15 is 0 Å². The molecule has 1 aromatic heterocycles. The molecule has 0 radical (unpaired) electrons. The molecule has 3 aromatic carbocycles. The van der Waals surface area contributed by atoms with E-state index in [2.05, 4.69) is 36.4 Å². The predicted octanol–water partition coefficient (Wildman–Crippen LogP) is 10.3. The molecule has 7 heteroatoms. The Morgan fingerprint density at radius 1 is 0.660 bits per heavy atom. The van der Waals surface area contributed by atoms with Crippen LogP contribution in [-0.4, -0.2) is 33.2 Å². The number of benzene rings is 3. The molecule has 0 saturated carbocycles. The Morgan fingerprint density at radius 3 is 1.89 bits per heavy atom. The van der Waals surface area contributed by atoms with Gasteiger partial charge in [0, 0.05) is 23.8 Å². The molecule has 0 spiro atoms. The van der Waals surface area contributed by atoms with E-state index in [0.717, 1.165) is 43.4 Å². The van der Waals surface area contributed by atoms with E-state index in [0.29, 0.717) is 22.6 Å². The summed E-state index contributed by atoms with van der Waals surface area (Å²) in [5, 5.41) is 0.867. The van der Waals surface area contributed by atoms with Crippen LogP contribution in [0.2, 0.25) is 0 Å². The Bertz CT molecular complexity index is 1590. The molecule has 0 fully saturated rings. The number of methoxy groups -OCH3 is 2. The Morgan fingerprint density at radius 2 is 1.26 bits per heavy atom. The summed E-state index contributed by atoms with van der Waals surface area (Å²) in [4.78, 5) is 0. The van der Waals surface area contributed by atoms with E-state index in [-0.39, 0.29) is 5.75 Å². The van der Waals surface area contributed by atoms with Crippen LogP contribution in [0.4, 0.5) is 0 Å². The van der Waals surface area contributed by atoms with Gasteiger partial charge in [-0.3, -0.25) is 0 Å². The second-order valence-electron chi connectivity index (χ2n) is 12.3. The molecule has 254 valence electrons. The summed E-state index contributed by atoms with van der Waals surface area (Å²) >= 11 is 0. The fourth-order valence-corrected chi connectivity index (χ4v) is 7.39. The van der Waals surface area contributed by atoms with E-state index in [1.54, 1.807) is 50.7 Å². The summed E-state index contributed by atoms with van der Waals surface area (Å²) in [6.07, 6.45) is 22.3. The number of fused-ring (bicyclic) bond motifs is 1. The van der Waals surface area contributed by atoms with Gasteiger partial charge >= 0.3 is 0 Å². The quantitative estimate of drug-likeness (QED) is 0.0742. The zero-order chi connectivity index (χ0) is 33.2. The molecule has 0 aliphatic heterocycles. The molecule has 6 nitrogen and oxygen atoms in total. The van der Waals surface area contributed by atoms with Crippen molar-refractivity contribution in [1.29, 1.82) is 0 Å². The minimum absolute atomic E-state index is 0.0955. The molecule has 1 heterocycles. The van der Waals surface area contributed by atoms with Crippen LogP contribution in [0, 0.1) is 0 Å². The number of nitrogens with zero attached hydrogens (tertiary/aromatic N) is 1. The van der Waals surface area contributed by atoms with Crippen molar-refractivity contribution in [3.05, 3.63) is 102 Å². The summed E-state index contributed by atoms with van der Waals surface area (Å²) in [5.74, 6) is 1.31. The van der Waals surface area contributed by atoms with Gasteiger partial charge in [0.05, 0.1) is 32.1 Å². The topological polar surface area (TPSA) is 66.8 Å². The van der Waals surface area contributed by atoms with Gasteiger partial charge in [-0.15, -0.1) is 0 Å². The van der Waals surface area contributed by atoms with Crippen molar-refractivity contribution >= 4 is 27.0 Å². The highest BCUT2D eigenvalue weighted by Gasteiger charge is 2.19. The Labute approximate surface area is 282 Å². The fraction of sp³-hybridized carbons (Fsp3) is 0.450. The molecule has 0 atom stereocenters. The van der Waals surface area contributed by atoms with Crippen LogP contribution in [0.25, 0.3) is 17.0 Å². The lowest BCUT2D eigenvalue weighted by Crippen LogP contribution is -2.14. The van der Waals surface area contributed by atoms with Gasteiger partial charge in [-0.25, -0.2) is 12.4 Å². The predicted molar refractivity (Wildman–Crippen MR) is 195 cm³/mol. The Kier molecular flexibility index (Phi) is 15.4. The van der Waals surface area contributed by atoms with Crippen LogP contribution in [-0.2, 0) is 27.1 Å². The number of ether oxygens (including phenoxy) is 3. The van der Waals surface area contributed by atoms with E-state index in [1.165, 1.54) is 73.7 Å². The number of rotatable bonds is 23. The third-order valence-corrected chi connectivity index (χ3v) is 10.2. The van der Waals surface area contributed by atoms with Crippen molar-refractivity contribution in [2.24, 2.45) is 0 Å². The lowest BCUT2D eigenvalue weighted by Gasteiger charge is -2.09. The minimum Gasteiger partial charge on any atom is -0.497 e. The van der Waals surface area contributed by atoms with Crippen LogP contribution < -0.4 is 9.47 Å². The second kappa shape index (κ2) is 20.0. The van der Waals surface area contributed by atoms with E-state index < -0.39 is 10.0 Å². The number of unbranched alkanes of at least 4 members (excludes halogenated alkanes) is 12. The minimum atomic E-state index is -3.63. The average Bonchev–Trinajstić information content (AvgIpc) is 3.47. The standard InChI is InChI=1S/C40H53NO5S/c1-44-37-25-23-35(24-26-37)33-47(42,43)41-31-36(39-30-38(45-2)27-28-40(39)41)22-18-13-11-9-7-5-3-4-6-8-10-12-14-19-29-46-32-34-20-16-15-17-21-34/h15-18,20-28,30-31H,3-14,19,29,32-33H2,1-2H3. The molecule has 0 aliphatic rings. The molecule has 47 heavy (non-hydrogen) atoms. The first-order chi connectivity index (χ1) is 23.0. The first-order valence-corrected chi connectivity index (χ1v) is 18.9. The van der Waals surface area contributed by atoms with E-state index in [1.807, 2.05) is 18.2 Å². The van der Waals surface area contributed by atoms with Crippen molar-refractivity contribution in [2.75, 3.05) is 20.8 Å². The van der Waals surface area contributed by atoms with Crippen LogP contribution in [0.3, 0.4) is 0 Å². The normalized spacial score (nSPS) is 11.9. The molecule has 4 rings (SSSR count). The van der Waals surface area contributed by atoms with Gasteiger partial charge in [-0.2, -0.15) is 0 Å². The highest BCUT2D eigenvalue weighted by Crippen LogP contribution is 2.29. The average molecular weight is 660 g/mol. The van der Waals surface area contributed by atoms with Crippen LogP contribution in [0.5, 0.6) is 11.5 Å². The highest BCUT2D eigenvalue weighted by atomic mass is 32.2. The highest BCUT2D eigenvalue weighted by molar-refractivity contribution is 7.89. The summed E-state index contributed by atoms with van der Waals surface area (Å²) in [5.41, 5.74) is 3.50. The van der Waals surface area contributed by atoms with Gasteiger partial charge in [0.1, 0.15) is 11.5 Å².